The van der Waals surface area contributed by atoms with E-state index in [0.29, 0.717) is 16.8 Å². The average Bonchev–Trinajstić information content (AvgIpc) is 3.49. The highest BCUT2D eigenvalue weighted by atomic mass is 32.1. The van der Waals surface area contributed by atoms with E-state index in [2.05, 4.69) is 9.97 Å². The summed E-state index contributed by atoms with van der Waals surface area (Å²) in [6.45, 7) is 0. The summed E-state index contributed by atoms with van der Waals surface area (Å²) in [6.07, 6.45) is 4.59. The summed E-state index contributed by atoms with van der Waals surface area (Å²) >= 11 is 1.45. The Kier molecular flexibility index (Phi) is 6.87. The normalized spacial score (nSPS) is 11.1. The molecule has 37 heavy (non-hydrogen) atoms. The molecule has 0 saturated heterocycles. The number of ether oxygens (including phenoxy) is 1. The standard InChI is InChI=1S/C28H21F2N3O3S/c1-33-15-24(32-16-33)27-14-23-28(37-27)26(8-9-31-23)36-25-7-6-17(11-22(25)30)10-19(34)13-20(35)12-18-4-2-3-5-21(18)29/h2-9,11,14-16H,10,12-13H2,1H3. The Balaban J connectivity index is 1.26. The van der Waals surface area contributed by atoms with Gasteiger partial charge in [0.2, 0.25) is 0 Å². The van der Waals surface area contributed by atoms with E-state index in [9.17, 15) is 18.4 Å². The Bertz CT molecular complexity index is 1630. The molecule has 186 valence electrons. The van der Waals surface area contributed by atoms with E-state index in [0.717, 1.165) is 15.3 Å². The van der Waals surface area contributed by atoms with Gasteiger partial charge in [0.1, 0.15) is 23.1 Å². The summed E-state index contributed by atoms with van der Waals surface area (Å²) in [6, 6.07) is 13.8. The van der Waals surface area contributed by atoms with Crippen LogP contribution >= 0.6 is 11.3 Å². The summed E-state index contributed by atoms with van der Waals surface area (Å²) in [7, 11) is 1.89. The summed E-state index contributed by atoms with van der Waals surface area (Å²) in [5.41, 5.74) is 2.19. The van der Waals surface area contributed by atoms with Gasteiger partial charge in [0.25, 0.3) is 0 Å². The molecule has 0 spiro atoms. The molecule has 0 aliphatic rings. The molecule has 0 amide bonds. The number of aryl methyl sites for hydroxylation is 1. The summed E-state index contributed by atoms with van der Waals surface area (Å²) in [5, 5.41) is 0. The number of nitrogens with zero attached hydrogens (tertiary/aromatic N) is 3. The van der Waals surface area contributed by atoms with Gasteiger partial charge in [0.05, 0.1) is 33.5 Å². The lowest BCUT2D eigenvalue weighted by molar-refractivity contribution is -0.126. The minimum absolute atomic E-state index is 0.00659. The minimum atomic E-state index is -0.630. The number of ketones is 2. The molecule has 0 bridgehead atoms. The lowest BCUT2D eigenvalue weighted by Crippen LogP contribution is -2.13. The third-order valence-corrected chi connectivity index (χ3v) is 6.85. The zero-order chi connectivity index (χ0) is 25.9. The maximum absolute atomic E-state index is 14.9. The highest BCUT2D eigenvalue weighted by Crippen LogP contribution is 2.39. The lowest BCUT2D eigenvalue weighted by Gasteiger charge is -2.09. The molecule has 0 N–H and O–H groups in total. The molecular weight excluding hydrogens is 496 g/mol. The van der Waals surface area contributed by atoms with Gasteiger partial charge in [-0.2, -0.15) is 0 Å². The highest BCUT2D eigenvalue weighted by molar-refractivity contribution is 7.22. The van der Waals surface area contributed by atoms with E-state index in [1.165, 1.54) is 41.7 Å². The smallest absolute Gasteiger partial charge is 0.166 e. The van der Waals surface area contributed by atoms with Gasteiger partial charge in [-0.15, -0.1) is 11.3 Å². The molecule has 3 heterocycles. The van der Waals surface area contributed by atoms with Crippen LogP contribution < -0.4 is 4.74 Å². The van der Waals surface area contributed by atoms with E-state index in [-0.39, 0.29) is 36.4 Å². The van der Waals surface area contributed by atoms with Gasteiger partial charge in [-0.1, -0.05) is 24.3 Å². The van der Waals surface area contributed by atoms with Crippen LogP contribution in [0.5, 0.6) is 11.5 Å². The van der Waals surface area contributed by atoms with Crippen molar-refractivity contribution in [2.45, 2.75) is 19.3 Å². The van der Waals surface area contributed by atoms with Crippen LogP contribution in [0.4, 0.5) is 8.78 Å². The van der Waals surface area contributed by atoms with Gasteiger partial charge in [0.15, 0.2) is 11.6 Å². The van der Waals surface area contributed by atoms with E-state index >= 15 is 0 Å². The number of hydrogen-bond donors (Lipinski definition) is 0. The molecule has 0 aliphatic heterocycles. The fraction of sp³-hybridized carbons (Fsp3) is 0.143. The summed E-state index contributed by atoms with van der Waals surface area (Å²) in [5.74, 6) is -1.41. The van der Waals surface area contributed by atoms with Crippen LogP contribution in [-0.2, 0) is 29.5 Å². The van der Waals surface area contributed by atoms with E-state index in [1.54, 1.807) is 30.7 Å². The van der Waals surface area contributed by atoms with Gasteiger partial charge in [0, 0.05) is 38.3 Å². The van der Waals surface area contributed by atoms with Crippen molar-refractivity contribution in [3.05, 3.63) is 96.1 Å². The monoisotopic (exact) mass is 517 g/mol. The first-order valence-corrected chi connectivity index (χ1v) is 12.3. The fourth-order valence-electron chi connectivity index (χ4n) is 3.94. The number of benzene rings is 2. The maximum atomic E-state index is 14.9. The number of rotatable bonds is 9. The van der Waals surface area contributed by atoms with Crippen molar-refractivity contribution in [1.82, 2.24) is 14.5 Å². The molecule has 3 aromatic heterocycles. The number of hydrogen-bond acceptors (Lipinski definition) is 6. The number of pyridine rings is 1. The maximum Gasteiger partial charge on any atom is 0.166 e. The number of aromatic nitrogens is 3. The molecule has 0 fully saturated rings. The second-order valence-corrected chi connectivity index (χ2v) is 9.68. The van der Waals surface area contributed by atoms with Gasteiger partial charge in [-0.05, 0) is 35.4 Å². The largest absolute Gasteiger partial charge is 0.453 e. The molecule has 0 atom stereocenters. The van der Waals surface area contributed by atoms with Crippen LogP contribution in [0.15, 0.2) is 73.3 Å². The third kappa shape index (κ3) is 5.62. The zero-order valence-electron chi connectivity index (χ0n) is 19.8. The Hall–Kier alpha value is -4.24. The molecule has 0 saturated carbocycles. The first-order chi connectivity index (χ1) is 17.9. The zero-order valence-corrected chi connectivity index (χ0v) is 20.6. The fourth-order valence-corrected chi connectivity index (χ4v) is 4.97. The highest BCUT2D eigenvalue weighted by Gasteiger charge is 2.16. The molecular formula is C28H21F2N3O3S. The van der Waals surface area contributed by atoms with Gasteiger partial charge < -0.3 is 9.30 Å². The second-order valence-electron chi connectivity index (χ2n) is 8.62. The minimum Gasteiger partial charge on any atom is -0.453 e. The Morgan fingerprint density at radius 3 is 2.51 bits per heavy atom. The number of imidazole rings is 1. The third-order valence-electron chi connectivity index (χ3n) is 5.69. The molecule has 0 unspecified atom stereocenters. The average molecular weight is 518 g/mol. The summed E-state index contributed by atoms with van der Waals surface area (Å²) in [4.78, 5) is 34.2. The molecule has 2 aromatic carbocycles. The van der Waals surface area contributed by atoms with Crippen LogP contribution in [0.25, 0.3) is 20.8 Å². The number of halogens is 2. The molecule has 5 aromatic rings. The second kappa shape index (κ2) is 10.4. The van der Waals surface area contributed by atoms with E-state index < -0.39 is 17.4 Å². The Labute approximate surface area is 215 Å². The molecule has 6 nitrogen and oxygen atoms in total. The first kappa shape index (κ1) is 24.5. The predicted molar refractivity (Wildman–Crippen MR) is 137 cm³/mol. The number of thiophene rings is 1. The lowest BCUT2D eigenvalue weighted by atomic mass is 10.0. The van der Waals surface area contributed by atoms with Gasteiger partial charge in [-0.25, -0.2) is 13.8 Å². The molecule has 0 aliphatic carbocycles. The van der Waals surface area contributed by atoms with Crippen molar-refractivity contribution in [3.8, 4) is 22.1 Å². The van der Waals surface area contributed by atoms with E-state index in [4.69, 9.17) is 4.74 Å². The van der Waals surface area contributed by atoms with Crippen LogP contribution in [-0.4, -0.2) is 26.1 Å². The van der Waals surface area contributed by atoms with Crippen LogP contribution in [0, 0.1) is 11.6 Å². The van der Waals surface area contributed by atoms with Gasteiger partial charge >= 0.3 is 0 Å². The van der Waals surface area contributed by atoms with Crippen LogP contribution in [0.1, 0.15) is 17.5 Å². The Morgan fingerprint density at radius 2 is 1.76 bits per heavy atom. The number of carbonyl (C=O) groups is 2. The Morgan fingerprint density at radius 1 is 0.946 bits per heavy atom. The van der Waals surface area contributed by atoms with Crippen molar-refractivity contribution in [1.29, 1.82) is 0 Å². The first-order valence-electron chi connectivity index (χ1n) is 11.5. The SMILES string of the molecule is Cn1cnc(-c2cc3nccc(Oc4ccc(CC(=O)CC(=O)Cc5ccccc5F)cc4F)c3s2)c1. The number of fused-ring (bicyclic) bond motifs is 1. The predicted octanol–water partition coefficient (Wildman–Crippen LogP) is 6.08. The molecule has 9 heteroatoms. The van der Waals surface area contributed by atoms with Crippen LogP contribution in [0.2, 0.25) is 0 Å². The van der Waals surface area contributed by atoms with Crippen molar-refractivity contribution in [2.24, 2.45) is 7.05 Å². The molecule has 5 rings (SSSR count). The van der Waals surface area contributed by atoms with Crippen molar-refractivity contribution >= 4 is 33.1 Å². The van der Waals surface area contributed by atoms with E-state index in [1.807, 2.05) is 23.9 Å². The quantitative estimate of drug-likeness (QED) is 0.222. The van der Waals surface area contributed by atoms with Gasteiger partial charge in [-0.3, -0.25) is 14.6 Å². The molecule has 0 radical (unpaired) electrons. The number of Topliss-reactive ketones (excluding diaryl/α,β-unsaturated/α-hetero) is 2. The van der Waals surface area contributed by atoms with Crippen molar-refractivity contribution in [3.63, 3.8) is 0 Å². The number of carbonyl (C=O) groups excluding carboxylic acids is 2. The topological polar surface area (TPSA) is 74.1 Å². The van der Waals surface area contributed by atoms with Crippen molar-refractivity contribution < 1.29 is 23.1 Å². The van der Waals surface area contributed by atoms with Crippen LogP contribution in [0.3, 0.4) is 0 Å². The van der Waals surface area contributed by atoms with Crippen molar-refractivity contribution in [2.75, 3.05) is 0 Å². The summed E-state index contributed by atoms with van der Waals surface area (Å²) < 4.78 is 37.1.